The first-order valence-electron chi connectivity index (χ1n) is 8.41. The monoisotopic (exact) mass is 410 g/mol. The number of rotatable bonds is 5. The molecule has 0 bridgehead atoms. The molecule has 3 aromatic rings. The average molecular weight is 411 g/mol. The molecule has 148 valence electrons. The fourth-order valence-electron chi connectivity index (χ4n) is 3.37. The van der Waals surface area contributed by atoms with Crippen molar-refractivity contribution in [3.8, 4) is 5.75 Å². The van der Waals surface area contributed by atoms with E-state index in [2.05, 4.69) is 5.16 Å². The topological polar surface area (TPSA) is 46.8 Å². The van der Waals surface area contributed by atoms with Gasteiger partial charge in [-0.15, -0.1) is 5.16 Å². The number of alkyl halides is 3. The molecule has 8 heteroatoms. The number of methoxy groups -OCH3 is 1. The van der Waals surface area contributed by atoms with Gasteiger partial charge < -0.3 is 14.5 Å². The summed E-state index contributed by atoms with van der Waals surface area (Å²) in [6, 6.07) is 12.1. The van der Waals surface area contributed by atoms with Crippen LogP contribution in [-0.2, 0) is 6.54 Å². The van der Waals surface area contributed by atoms with Crippen LogP contribution in [0.3, 0.4) is 0 Å². The Bertz CT molecular complexity index is 1010. The van der Waals surface area contributed by atoms with Gasteiger partial charge in [0, 0.05) is 28.2 Å². The molecule has 0 aliphatic rings. The van der Waals surface area contributed by atoms with Crippen LogP contribution in [0.5, 0.6) is 5.75 Å². The number of ether oxygens (including phenoxy) is 1. The third kappa shape index (κ3) is 3.80. The molecule has 0 saturated heterocycles. The predicted molar refractivity (Wildman–Crippen MR) is 103 cm³/mol. The van der Waals surface area contributed by atoms with E-state index in [0.29, 0.717) is 40.1 Å². The van der Waals surface area contributed by atoms with Crippen molar-refractivity contribution in [2.24, 2.45) is 5.16 Å². The van der Waals surface area contributed by atoms with E-state index in [4.69, 9.17) is 21.5 Å². The maximum Gasteiger partial charge on any atom is 0.400 e. The van der Waals surface area contributed by atoms with Crippen molar-refractivity contribution in [1.82, 2.24) is 4.57 Å². The molecule has 0 aliphatic carbocycles. The summed E-state index contributed by atoms with van der Waals surface area (Å²) < 4.78 is 48.1. The number of hydrogen-bond donors (Lipinski definition) is 1. The number of fused-ring (bicyclic) bond motifs is 1. The summed E-state index contributed by atoms with van der Waals surface area (Å²) in [6.45, 7) is 1.99. The molecule has 1 unspecified atom stereocenters. The largest absolute Gasteiger partial charge is 0.497 e. The van der Waals surface area contributed by atoms with Gasteiger partial charge in [0.05, 0.1) is 13.3 Å². The highest BCUT2D eigenvalue weighted by Gasteiger charge is 2.42. The van der Waals surface area contributed by atoms with E-state index in [1.54, 1.807) is 41.8 Å². The second-order valence-electron chi connectivity index (χ2n) is 6.38. The highest BCUT2D eigenvalue weighted by molar-refractivity contribution is 6.30. The van der Waals surface area contributed by atoms with Crippen molar-refractivity contribution in [2.45, 2.75) is 25.6 Å². The van der Waals surface area contributed by atoms with E-state index in [1.807, 2.05) is 12.1 Å². The van der Waals surface area contributed by atoms with Gasteiger partial charge in [-0.2, -0.15) is 13.2 Å². The smallest absolute Gasteiger partial charge is 0.400 e. The van der Waals surface area contributed by atoms with Gasteiger partial charge in [-0.3, -0.25) is 0 Å². The zero-order valence-electron chi connectivity index (χ0n) is 15.2. The lowest BCUT2D eigenvalue weighted by atomic mass is 9.96. The Balaban J connectivity index is 2.24. The van der Waals surface area contributed by atoms with E-state index < -0.39 is 12.1 Å². The predicted octanol–water partition coefficient (Wildman–Crippen LogP) is 5.77. The molecule has 3 rings (SSSR count). The number of halogens is 4. The Hall–Kier alpha value is -2.67. The van der Waals surface area contributed by atoms with Crippen LogP contribution in [0.2, 0.25) is 5.02 Å². The highest BCUT2D eigenvalue weighted by atomic mass is 35.5. The summed E-state index contributed by atoms with van der Waals surface area (Å²) in [5.41, 5.74) is 1.99. The molecule has 0 fully saturated rings. The fourth-order valence-corrected chi connectivity index (χ4v) is 3.50. The first-order chi connectivity index (χ1) is 13.3. The van der Waals surface area contributed by atoms with E-state index >= 15 is 0 Å². The van der Waals surface area contributed by atoms with Crippen LogP contribution in [0, 0.1) is 6.92 Å². The van der Waals surface area contributed by atoms with Gasteiger partial charge in [0.15, 0.2) is 0 Å². The molecule has 2 aromatic carbocycles. The van der Waals surface area contributed by atoms with Gasteiger partial charge >= 0.3 is 6.18 Å². The molecule has 4 nitrogen and oxygen atoms in total. The van der Waals surface area contributed by atoms with Crippen molar-refractivity contribution >= 4 is 28.7 Å². The van der Waals surface area contributed by atoms with Crippen LogP contribution in [0.25, 0.3) is 10.9 Å². The minimum Gasteiger partial charge on any atom is -0.497 e. The molecule has 1 aromatic heterocycles. The van der Waals surface area contributed by atoms with E-state index in [-0.39, 0.29) is 5.56 Å². The maximum atomic E-state index is 13.7. The van der Waals surface area contributed by atoms with Crippen molar-refractivity contribution in [3.05, 3.63) is 64.3 Å². The molecule has 1 atom stereocenters. The van der Waals surface area contributed by atoms with Crippen molar-refractivity contribution in [2.75, 3.05) is 7.11 Å². The molecule has 28 heavy (non-hydrogen) atoms. The van der Waals surface area contributed by atoms with Crippen LogP contribution in [0.15, 0.2) is 47.6 Å². The summed E-state index contributed by atoms with van der Waals surface area (Å²) in [6.07, 6.45) is -4.10. The summed E-state index contributed by atoms with van der Waals surface area (Å²) in [5.74, 6) is -1.60. The Labute approximate surface area is 164 Å². The first kappa shape index (κ1) is 20.1. The molecular weight excluding hydrogens is 393 g/mol. The number of aromatic nitrogens is 1. The van der Waals surface area contributed by atoms with Gasteiger partial charge in [0.2, 0.25) is 0 Å². The molecule has 0 aliphatic heterocycles. The van der Waals surface area contributed by atoms with Crippen molar-refractivity contribution in [3.63, 3.8) is 0 Å². The molecule has 0 spiro atoms. The Morgan fingerprint density at radius 2 is 1.89 bits per heavy atom. The van der Waals surface area contributed by atoms with Gasteiger partial charge in [-0.1, -0.05) is 23.7 Å². The molecule has 0 amide bonds. The number of oxime groups is 1. The molecule has 1 N–H and O–H groups in total. The van der Waals surface area contributed by atoms with Crippen molar-refractivity contribution in [1.29, 1.82) is 0 Å². The Morgan fingerprint density at radius 3 is 2.46 bits per heavy atom. The van der Waals surface area contributed by atoms with Crippen LogP contribution in [0.4, 0.5) is 13.2 Å². The zero-order valence-corrected chi connectivity index (χ0v) is 15.9. The van der Waals surface area contributed by atoms with Gasteiger partial charge in [0.25, 0.3) is 0 Å². The summed E-state index contributed by atoms with van der Waals surface area (Å²) in [7, 11) is 1.45. The molecule has 0 radical (unpaired) electrons. The lowest BCUT2D eigenvalue weighted by Crippen LogP contribution is -2.23. The second kappa shape index (κ2) is 7.75. The van der Waals surface area contributed by atoms with Crippen LogP contribution in [-0.4, -0.2) is 29.3 Å². The van der Waals surface area contributed by atoms with Crippen LogP contribution >= 0.6 is 11.6 Å². The minimum atomic E-state index is -4.61. The fraction of sp³-hybridized carbons (Fsp3) is 0.250. The SMILES string of the molecule is COc1ccc2c(c1)c(C(C=NO)C(F)(F)F)c(C)n2Cc1ccc(Cl)cc1. The average Bonchev–Trinajstić information content (AvgIpc) is 2.91. The van der Waals surface area contributed by atoms with Gasteiger partial charge in [0.1, 0.15) is 11.7 Å². The Kier molecular flexibility index (Phi) is 5.56. The van der Waals surface area contributed by atoms with Gasteiger partial charge in [-0.05, 0) is 48.4 Å². The van der Waals surface area contributed by atoms with Gasteiger partial charge in [-0.25, -0.2) is 0 Å². The Morgan fingerprint density at radius 1 is 1.21 bits per heavy atom. The molecule has 1 heterocycles. The normalized spacial score (nSPS) is 13.4. The third-order valence-electron chi connectivity index (χ3n) is 4.71. The quantitative estimate of drug-likeness (QED) is 0.330. The second-order valence-corrected chi connectivity index (χ2v) is 6.82. The number of nitrogens with zero attached hydrogens (tertiary/aromatic N) is 2. The number of hydrogen-bond acceptors (Lipinski definition) is 3. The van der Waals surface area contributed by atoms with E-state index in [0.717, 1.165) is 5.56 Å². The zero-order chi connectivity index (χ0) is 20.5. The molecular formula is C20H18ClF3N2O2. The third-order valence-corrected chi connectivity index (χ3v) is 4.96. The van der Waals surface area contributed by atoms with E-state index in [1.165, 1.54) is 7.11 Å². The summed E-state index contributed by atoms with van der Waals surface area (Å²) in [5, 5.41) is 12.5. The van der Waals surface area contributed by atoms with Crippen LogP contribution < -0.4 is 4.74 Å². The summed E-state index contributed by atoms with van der Waals surface area (Å²) in [4.78, 5) is 0. The lowest BCUT2D eigenvalue weighted by molar-refractivity contribution is -0.134. The highest BCUT2D eigenvalue weighted by Crippen LogP contribution is 2.41. The van der Waals surface area contributed by atoms with E-state index in [9.17, 15) is 13.2 Å². The summed E-state index contributed by atoms with van der Waals surface area (Å²) >= 11 is 5.92. The maximum absolute atomic E-state index is 13.7. The standard InChI is InChI=1S/C20H18ClF3N2O2/c1-12-19(17(10-25-27)20(22,23)24)16-9-15(28-2)7-8-18(16)26(12)11-13-3-5-14(21)6-4-13/h3-10,17,27H,11H2,1-2H3. The van der Waals surface area contributed by atoms with Crippen molar-refractivity contribution < 1.29 is 23.1 Å². The first-order valence-corrected chi connectivity index (χ1v) is 8.79. The van der Waals surface area contributed by atoms with Crippen LogP contribution in [0.1, 0.15) is 22.7 Å². The molecule has 0 saturated carbocycles. The number of benzene rings is 2. The lowest BCUT2D eigenvalue weighted by Gasteiger charge is -2.17. The minimum absolute atomic E-state index is 0.0353.